The van der Waals surface area contributed by atoms with Gasteiger partial charge in [0.25, 0.3) is 0 Å². The lowest BCUT2D eigenvalue weighted by atomic mass is 9.99. The second-order valence-corrected chi connectivity index (χ2v) is 5.67. The molecule has 0 spiro atoms. The van der Waals surface area contributed by atoms with Gasteiger partial charge in [0.1, 0.15) is 0 Å². The molecule has 0 bridgehead atoms. The Morgan fingerprint density at radius 1 is 0.857 bits per heavy atom. The Morgan fingerprint density at radius 3 is 2.29 bits per heavy atom. The van der Waals surface area contributed by atoms with E-state index >= 15 is 0 Å². The standard InChI is InChI=1S/C17H13Cl2N.ClH/c1-10-11(2)17(12-7-8-14(18)15(19)9-12)20-16-6-4-3-5-13(10)16;/h3-9H,1-2H3;1H. The van der Waals surface area contributed by atoms with Gasteiger partial charge in [0.2, 0.25) is 0 Å². The molecule has 0 N–H and O–H groups in total. The zero-order valence-electron chi connectivity index (χ0n) is 11.7. The fourth-order valence-corrected chi connectivity index (χ4v) is 2.69. The van der Waals surface area contributed by atoms with E-state index in [2.05, 4.69) is 19.9 Å². The van der Waals surface area contributed by atoms with Crippen molar-refractivity contribution in [2.75, 3.05) is 0 Å². The van der Waals surface area contributed by atoms with Crippen LogP contribution in [0.15, 0.2) is 42.5 Å². The molecule has 21 heavy (non-hydrogen) atoms. The van der Waals surface area contributed by atoms with E-state index in [4.69, 9.17) is 28.2 Å². The molecule has 0 aliphatic heterocycles. The third-order valence-electron chi connectivity index (χ3n) is 3.65. The summed E-state index contributed by atoms with van der Waals surface area (Å²) in [5.74, 6) is 0. The summed E-state index contributed by atoms with van der Waals surface area (Å²) in [6, 6.07) is 13.8. The smallest absolute Gasteiger partial charge is 0.0742 e. The first-order chi connectivity index (χ1) is 9.58. The van der Waals surface area contributed by atoms with Gasteiger partial charge in [0, 0.05) is 10.9 Å². The predicted molar refractivity (Wildman–Crippen MR) is 93.9 cm³/mol. The molecule has 1 nitrogen and oxygen atoms in total. The van der Waals surface area contributed by atoms with Crippen LogP contribution < -0.4 is 0 Å². The summed E-state index contributed by atoms with van der Waals surface area (Å²) in [6.07, 6.45) is 0. The van der Waals surface area contributed by atoms with Gasteiger partial charge in [0.05, 0.1) is 21.3 Å². The Labute approximate surface area is 140 Å². The monoisotopic (exact) mass is 337 g/mol. The fraction of sp³-hybridized carbons (Fsp3) is 0.118. The topological polar surface area (TPSA) is 12.9 Å². The molecule has 0 radical (unpaired) electrons. The Bertz CT molecular complexity index is 812. The van der Waals surface area contributed by atoms with Gasteiger partial charge >= 0.3 is 0 Å². The van der Waals surface area contributed by atoms with Gasteiger partial charge in [-0.25, -0.2) is 4.98 Å². The number of nitrogens with zero attached hydrogens (tertiary/aromatic N) is 1. The molecule has 1 aromatic heterocycles. The van der Waals surface area contributed by atoms with E-state index in [1.54, 1.807) is 0 Å². The number of pyridine rings is 1. The highest BCUT2D eigenvalue weighted by Gasteiger charge is 2.11. The van der Waals surface area contributed by atoms with Crippen molar-refractivity contribution < 1.29 is 0 Å². The minimum Gasteiger partial charge on any atom is -0.247 e. The SMILES string of the molecule is Cc1c(-c2ccc(Cl)c(Cl)c2)nc2ccccc2c1C.Cl. The zero-order chi connectivity index (χ0) is 14.3. The molecule has 0 fully saturated rings. The normalized spacial score (nSPS) is 10.5. The van der Waals surface area contributed by atoms with E-state index in [-0.39, 0.29) is 12.4 Å². The molecule has 3 rings (SSSR count). The minimum absolute atomic E-state index is 0. The predicted octanol–water partition coefficient (Wildman–Crippen LogP) is 6.25. The van der Waals surface area contributed by atoms with Crippen LogP contribution >= 0.6 is 35.6 Å². The first kappa shape index (κ1) is 16.1. The molecule has 0 aliphatic carbocycles. The summed E-state index contributed by atoms with van der Waals surface area (Å²) in [6.45, 7) is 4.22. The van der Waals surface area contributed by atoms with Crippen LogP contribution in [0.3, 0.4) is 0 Å². The van der Waals surface area contributed by atoms with Gasteiger partial charge in [-0.05, 0) is 43.2 Å². The van der Waals surface area contributed by atoms with Crippen LogP contribution in [0.5, 0.6) is 0 Å². The lowest BCUT2D eigenvalue weighted by Crippen LogP contribution is -1.94. The molecule has 3 aromatic rings. The Balaban J connectivity index is 0.00000161. The highest BCUT2D eigenvalue weighted by molar-refractivity contribution is 6.42. The van der Waals surface area contributed by atoms with Gasteiger partial charge < -0.3 is 0 Å². The molecule has 0 saturated heterocycles. The number of para-hydroxylation sites is 1. The van der Waals surface area contributed by atoms with Gasteiger partial charge in [-0.2, -0.15) is 0 Å². The number of fused-ring (bicyclic) bond motifs is 1. The number of rotatable bonds is 1. The second kappa shape index (κ2) is 6.23. The van der Waals surface area contributed by atoms with Crippen molar-refractivity contribution in [3.8, 4) is 11.3 Å². The summed E-state index contributed by atoms with van der Waals surface area (Å²) < 4.78 is 0. The summed E-state index contributed by atoms with van der Waals surface area (Å²) in [5, 5.41) is 2.30. The number of halogens is 3. The molecular formula is C17H14Cl3N. The fourth-order valence-electron chi connectivity index (χ4n) is 2.40. The van der Waals surface area contributed by atoms with E-state index < -0.39 is 0 Å². The quantitative estimate of drug-likeness (QED) is 0.511. The maximum Gasteiger partial charge on any atom is 0.0742 e. The van der Waals surface area contributed by atoms with Crippen molar-refractivity contribution in [3.05, 3.63) is 63.6 Å². The van der Waals surface area contributed by atoms with Gasteiger partial charge in [-0.3, -0.25) is 0 Å². The molecule has 0 unspecified atom stereocenters. The highest BCUT2D eigenvalue weighted by Crippen LogP contribution is 2.32. The average Bonchev–Trinajstić information content (AvgIpc) is 2.46. The van der Waals surface area contributed by atoms with Crippen molar-refractivity contribution in [1.82, 2.24) is 4.98 Å². The van der Waals surface area contributed by atoms with E-state index in [0.29, 0.717) is 10.0 Å². The second-order valence-electron chi connectivity index (χ2n) is 4.86. The number of benzene rings is 2. The summed E-state index contributed by atoms with van der Waals surface area (Å²) in [4.78, 5) is 4.77. The van der Waals surface area contributed by atoms with Crippen LogP contribution in [0.4, 0.5) is 0 Å². The zero-order valence-corrected chi connectivity index (χ0v) is 14.0. The Morgan fingerprint density at radius 2 is 1.57 bits per heavy atom. The van der Waals surface area contributed by atoms with Gasteiger partial charge in [-0.15, -0.1) is 12.4 Å². The van der Waals surface area contributed by atoms with Crippen LogP contribution in [0.2, 0.25) is 10.0 Å². The molecule has 1 heterocycles. The first-order valence-corrected chi connectivity index (χ1v) is 7.15. The molecule has 4 heteroatoms. The van der Waals surface area contributed by atoms with Crippen LogP contribution in [0.25, 0.3) is 22.2 Å². The number of hydrogen-bond donors (Lipinski definition) is 0. The summed E-state index contributed by atoms with van der Waals surface area (Å²) in [7, 11) is 0. The van der Waals surface area contributed by atoms with Crippen LogP contribution in [0, 0.1) is 13.8 Å². The molecule has 108 valence electrons. The van der Waals surface area contributed by atoms with E-state index in [9.17, 15) is 0 Å². The van der Waals surface area contributed by atoms with Crippen molar-refractivity contribution in [2.24, 2.45) is 0 Å². The molecule has 0 amide bonds. The summed E-state index contributed by atoms with van der Waals surface area (Å²) >= 11 is 12.1. The van der Waals surface area contributed by atoms with E-state index in [0.717, 1.165) is 16.8 Å². The Hall–Kier alpha value is -1.28. The molecule has 0 saturated carbocycles. The lowest BCUT2D eigenvalue weighted by molar-refractivity contribution is 1.28. The third kappa shape index (κ3) is 2.87. The van der Waals surface area contributed by atoms with Crippen molar-refractivity contribution in [2.45, 2.75) is 13.8 Å². The molecule has 0 atom stereocenters. The van der Waals surface area contributed by atoms with Crippen LogP contribution in [-0.4, -0.2) is 4.98 Å². The minimum atomic E-state index is 0. The third-order valence-corrected chi connectivity index (χ3v) is 4.39. The van der Waals surface area contributed by atoms with Gasteiger partial charge in [-0.1, -0.05) is 47.5 Å². The maximum atomic E-state index is 6.11. The van der Waals surface area contributed by atoms with E-state index in [1.807, 2.05) is 36.4 Å². The van der Waals surface area contributed by atoms with Crippen LogP contribution in [0.1, 0.15) is 11.1 Å². The maximum absolute atomic E-state index is 6.11. The van der Waals surface area contributed by atoms with Crippen molar-refractivity contribution >= 4 is 46.5 Å². The highest BCUT2D eigenvalue weighted by atomic mass is 35.5. The first-order valence-electron chi connectivity index (χ1n) is 6.39. The number of aromatic nitrogens is 1. The molecular weight excluding hydrogens is 325 g/mol. The van der Waals surface area contributed by atoms with E-state index in [1.165, 1.54) is 16.5 Å². The van der Waals surface area contributed by atoms with Crippen molar-refractivity contribution in [1.29, 1.82) is 0 Å². The molecule has 2 aromatic carbocycles. The largest absolute Gasteiger partial charge is 0.247 e. The molecule has 0 aliphatic rings. The van der Waals surface area contributed by atoms with Crippen molar-refractivity contribution in [3.63, 3.8) is 0 Å². The Kier molecular flexibility index (Phi) is 4.77. The van der Waals surface area contributed by atoms with Gasteiger partial charge in [0.15, 0.2) is 0 Å². The lowest BCUT2D eigenvalue weighted by Gasteiger charge is -2.12. The van der Waals surface area contributed by atoms with Crippen LogP contribution in [-0.2, 0) is 0 Å². The summed E-state index contributed by atoms with van der Waals surface area (Å²) in [5.41, 5.74) is 5.36. The number of aryl methyl sites for hydroxylation is 1. The number of hydrogen-bond acceptors (Lipinski definition) is 1. The average molecular weight is 339 g/mol.